The maximum atomic E-state index is 11.0. The topological polar surface area (TPSA) is 71.8 Å². The number of nitrogens with zero attached hydrogens (tertiary/aromatic N) is 1. The molecule has 0 aromatic carbocycles. The van der Waals surface area contributed by atoms with Gasteiger partial charge in [-0.05, 0) is 12.8 Å². The zero-order valence-electron chi connectivity index (χ0n) is 7.36. The number of nitrogens with two attached hydrogens (primary N) is 1. The summed E-state index contributed by atoms with van der Waals surface area (Å²) in [6, 6.07) is 1.73. The SMILES string of the molecule is NC1CCCC1c1cc(=O)[nH]cn1. The molecule has 70 valence electrons. The van der Waals surface area contributed by atoms with Crippen molar-refractivity contribution in [2.24, 2.45) is 5.73 Å². The molecule has 4 nitrogen and oxygen atoms in total. The van der Waals surface area contributed by atoms with Crippen LogP contribution in [0.1, 0.15) is 30.9 Å². The first-order chi connectivity index (χ1) is 6.27. The Morgan fingerprint density at radius 2 is 2.38 bits per heavy atom. The second-order valence-electron chi connectivity index (χ2n) is 3.54. The number of nitrogens with one attached hydrogen (secondary N) is 1. The number of aromatic amines is 1. The van der Waals surface area contributed by atoms with Gasteiger partial charge in [-0.15, -0.1) is 0 Å². The summed E-state index contributed by atoms with van der Waals surface area (Å²) in [6.45, 7) is 0. The first kappa shape index (κ1) is 8.44. The molecule has 0 amide bonds. The lowest BCUT2D eigenvalue weighted by Gasteiger charge is -2.13. The summed E-state index contributed by atoms with van der Waals surface area (Å²) in [5, 5.41) is 0. The van der Waals surface area contributed by atoms with E-state index in [1.807, 2.05) is 0 Å². The van der Waals surface area contributed by atoms with E-state index in [0.29, 0.717) is 0 Å². The summed E-state index contributed by atoms with van der Waals surface area (Å²) in [4.78, 5) is 17.7. The molecule has 4 heteroatoms. The van der Waals surface area contributed by atoms with E-state index in [1.165, 1.54) is 6.33 Å². The van der Waals surface area contributed by atoms with E-state index in [0.717, 1.165) is 25.0 Å². The van der Waals surface area contributed by atoms with E-state index in [9.17, 15) is 4.79 Å². The third-order valence-corrected chi connectivity index (χ3v) is 2.65. The highest BCUT2D eigenvalue weighted by Crippen LogP contribution is 2.31. The van der Waals surface area contributed by atoms with Crippen molar-refractivity contribution in [3.05, 3.63) is 28.4 Å². The highest BCUT2D eigenvalue weighted by Gasteiger charge is 2.26. The molecule has 1 heterocycles. The van der Waals surface area contributed by atoms with Gasteiger partial charge in [0.1, 0.15) is 0 Å². The average Bonchev–Trinajstić information content (AvgIpc) is 2.51. The predicted octanol–water partition coefficient (Wildman–Crippen LogP) is 0.365. The summed E-state index contributed by atoms with van der Waals surface area (Å²) in [6.07, 6.45) is 4.68. The van der Waals surface area contributed by atoms with Gasteiger partial charge in [0.05, 0.1) is 12.0 Å². The molecule has 1 aromatic heterocycles. The maximum absolute atomic E-state index is 11.0. The van der Waals surface area contributed by atoms with E-state index < -0.39 is 0 Å². The van der Waals surface area contributed by atoms with Crippen molar-refractivity contribution < 1.29 is 0 Å². The standard InChI is InChI=1S/C9H13N3O/c10-7-3-1-2-6(7)8-4-9(13)12-5-11-8/h4-7H,1-3,10H2,(H,11,12,13). The van der Waals surface area contributed by atoms with Gasteiger partial charge >= 0.3 is 0 Å². The zero-order valence-corrected chi connectivity index (χ0v) is 7.36. The first-order valence-corrected chi connectivity index (χ1v) is 4.57. The van der Waals surface area contributed by atoms with E-state index in [1.54, 1.807) is 6.07 Å². The highest BCUT2D eigenvalue weighted by molar-refractivity contribution is 5.11. The molecule has 0 spiro atoms. The molecule has 1 saturated carbocycles. The zero-order chi connectivity index (χ0) is 9.26. The van der Waals surface area contributed by atoms with Crippen LogP contribution >= 0.6 is 0 Å². The molecular weight excluding hydrogens is 166 g/mol. The van der Waals surface area contributed by atoms with Gasteiger partial charge in [0.2, 0.25) is 0 Å². The van der Waals surface area contributed by atoms with E-state index in [-0.39, 0.29) is 17.5 Å². The lowest BCUT2D eigenvalue weighted by molar-refractivity contribution is 0.596. The smallest absolute Gasteiger partial charge is 0.250 e. The molecule has 13 heavy (non-hydrogen) atoms. The van der Waals surface area contributed by atoms with Crippen LogP contribution in [0.25, 0.3) is 0 Å². The maximum Gasteiger partial charge on any atom is 0.250 e. The molecule has 0 saturated heterocycles. The lowest BCUT2D eigenvalue weighted by Crippen LogP contribution is -2.24. The van der Waals surface area contributed by atoms with Gasteiger partial charge in [-0.2, -0.15) is 0 Å². The van der Waals surface area contributed by atoms with Crippen molar-refractivity contribution in [3.63, 3.8) is 0 Å². The Bertz CT molecular complexity index is 347. The molecule has 0 bridgehead atoms. The van der Waals surface area contributed by atoms with Gasteiger partial charge in [0.25, 0.3) is 5.56 Å². The van der Waals surface area contributed by atoms with Gasteiger partial charge in [0, 0.05) is 18.0 Å². The van der Waals surface area contributed by atoms with E-state index in [4.69, 9.17) is 5.73 Å². The monoisotopic (exact) mass is 179 g/mol. The van der Waals surface area contributed by atoms with Crippen molar-refractivity contribution in [1.82, 2.24) is 9.97 Å². The van der Waals surface area contributed by atoms with Crippen molar-refractivity contribution in [2.75, 3.05) is 0 Å². The van der Waals surface area contributed by atoms with Crippen LogP contribution in [0.3, 0.4) is 0 Å². The molecule has 1 aliphatic rings. The minimum atomic E-state index is -0.0934. The summed E-state index contributed by atoms with van der Waals surface area (Å²) >= 11 is 0. The minimum Gasteiger partial charge on any atom is -0.327 e. The fraction of sp³-hybridized carbons (Fsp3) is 0.556. The fourth-order valence-corrected chi connectivity index (χ4v) is 1.94. The average molecular weight is 179 g/mol. The molecular formula is C9H13N3O. The Kier molecular flexibility index (Phi) is 2.14. The van der Waals surface area contributed by atoms with Crippen LogP contribution in [0.15, 0.2) is 17.2 Å². The van der Waals surface area contributed by atoms with Crippen LogP contribution < -0.4 is 11.3 Å². The third kappa shape index (κ3) is 1.62. The molecule has 1 fully saturated rings. The Balaban J connectivity index is 2.29. The first-order valence-electron chi connectivity index (χ1n) is 4.57. The normalized spacial score (nSPS) is 27.8. The summed E-state index contributed by atoms with van der Waals surface area (Å²) in [7, 11) is 0. The number of hydrogen-bond donors (Lipinski definition) is 2. The fourth-order valence-electron chi connectivity index (χ4n) is 1.94. The number of H-pyrrole nitrogens is 1. The molecule has 2 unspecified atom stereocenters. The third-order valence-electron chi connectivity index (χ3n) is 2.65. The second kappa shape index (κ2) is 3.30. The van der Waals surface area contributed by atoms with Gasteiger partial charge in [-0.25, -0.2) is 4.98 Å². The summed E-state index contributed by atoms with van der Waals surface area (Å²) < 4.78 is 0. The second-order valence-corrected chi connectivity index (χ2v) is 3.54. The molecule has 2 rings (SSSR count). The van der Waals surface area contributed by atoms with Crippen molar-refractivity contribution in [3.8, 4) is 0 Å². The Morgan fingerprint density at radius 1 is 1.54 bits per heavy atom. The lowest BCUT2D eigenvalue weighted by atomic mass is 10.0. The molecule has 0 radical (unpaired) electrons. The highest BCUT2D eigenvalue weighted by atomic mass is 16.1. The molecule has 1 aliphatic carbocycles. The van der Waals surface area contributed by atoms with Gasteiger partial charge < -0.3 is 10.7 Å². The number of hydrogen-bond acceptors (Lipinski definition) is 3. The van der Waals surface area contributed by atoms with Gasteiger partial charge in [-0.1, -0.05) is 6.42 Å². The summed E-state index contributed by atoms with van der Waals surface area (Å²) in [5.41, 5.74) is 6.66. The van der Waals surface area contributed by atoms with Crippen LogP contribution in [-0.4, -0.2) is 16.0 Å². The largest absolute Gasteiger partial charge is 0.327 e. The van der Waals surface area contributed by atoms with Crippen molar-refractivity contribution >= 4 is 0 Å². The van der Waals surface area contributed by atoms with Crippen molar-refractivity contribution in [1.29, 1.82) is 0 Å². The van der Waals surface area contributed by atoms with E-state index >= 15 is 0 Å². The number of aromatic nitrogens is 2. The quantitative estimate of drug-likeness (QED) is 0.654. The molecule has 0 aliphatic heterocycles. The summed E-state index contributed by atoms with van der Waals surface area (Å²) in [5.74, 6) is 0.280. The predicted molar refractivity (Wildman–Crippen MR) is 49.4 cm³/mol. The van der Waals surface area contributed by atoms with Crippen LogP contribution in [0.2, 0.25) is 0 Å². The van der Waals surface area contributed by atoms with Crippen molar-refractivity contribution in [2.45, 2.75) is 31.2 Å². The Labute approximate surface area is 76.2 Å². The molecule has 3 N–H and O–H groups in total. The minimum absolute atomic E-state index is 0.0934. The number of rotatable bonds is 1. The van der Waals surface area contributed by atoms with Gasteiger partial charge in [-0.3, -0.25) is 4.79 Å². The Hall–Kier alpha value is -1.16. The van der Waals surface area contributed by atoms with Crippen LogP contribution in [0, 0.1) is 0 Å². The molecule has 2 atom stereocenters. The van der Waals surface area contributed by atoms with E-state index in [2.05, 4.69) is 9.97 Å². The van der Waals surface area contributed by atoms with Crippen LogP contribution in [0.5, 0.6) is 0 Å². The van der Waals surface area contributed by atoms with Crippen LogP contribution in [-0.2, 0) is 0 Å². The van der Waals surface area contributed by atoms with Crippen LogP contribution in [0.4, 0.5) is 0 Å². The van der Waals surface area contributed by atoms with Gasteiger partial charge in [0.15, 0.2) is 0 Å². The molecule has 1 aromatic rings. The Morgan fingerprint density at radius 3 is 3.00 bits per heavy atom.